The van der Waals surface area contributed by atoms with Crippen LogP contribution in [0.5, 0.6) is 0 Å². The Morgan fingerprint density at radius 3 is 2.60 bits per heavy atom. The average Bonchev–Trinajstić information content (AvgIpc) is 1.82. The van der Waals surface area contributed by atoms with E-state index in [-0.39, 0.29) is 0 Å². The molecular formula is C6H13N2O2. The van der Waals surface area contributed by atoms with Gasteiger partial charge in [0.25, 0.3) is 0 Å². The summed E-state index contributed by atoms with van der Waals surface area (Å²) in [6.45, 7) is 0.546. The van der Waals surface area contributed by atoms with E-state index < -0.39 is 12.0 Å². The molecule has 0 aliphatic carbocycles. The van der Waals surface area contributed by atoms with Crippen LogP contribution in [0, 0.1) is 6.42 Å². The van der Waals surface area contributed by atoms with Gasteiger partial charge in [-0.15, -0.1) is 0 Å². The number of amides is 1. The van der Waals surface area contributed by atoms with Crippen LogP contribution in [0.1, 0.15) is 0 Å². The van der Waals surface area contributed by atoms with E-state index >= 15 is 0 Å². The summed E-state index contributed by atoms with van der Waals surface area (Å²) in [4.78, 5) is 12.1. The lowest BCUT2D eigenvalue weighted by molar-refractivity contribution is -0.124. The SMILES string of the molecule is CN(C)C[CH][C@H](O)C(N)=O. The smallest absolute Gasteiger partial charge is 0.246 e. The molecule has 1 radical (unpaired) electrons. The third-order valence-corrected chi connectivity index (χ3v) is 0.985. The molecule has 0 aromatic carbocycles. The van der Waals surface area contributed by atoms with Crippen LogP contribution in [-0.4, -0.2) is 42.7 Å². The molecule has 59 valence electrons. The van der Waals surface area contributed by atoms with Gasteiger partial charge < -0.3 is 15.7 Å². The van der Waals surface area contributed by atoms with Crippen molar-refractivity contribution in [3.63, 3.8) is 0 Å². The van der Waals surface area contributed by atoms with Gasteiger partial charge in [-0.3, -0.25) is 4.79 Å². The molecule has 0 aromatic heterocycles. The minimum absolute atomic E-state index is 0.546. The summed E-state index contributed by atoms with van der Waals surface area (Å²) in [7, 11) is 3.68. The number of aliphatic hydroxyl groups excluding tert-OH is 1. The number of nitrogens with zero attached hydrogens (tertiary/aromatic N) is 1. The molecule has 0 saturated heterocycles. The first kappa shape index (κ1) is 9.39. The largest absolute Gasteiger partial charge is 0.383 e. The van der Waals surface area contributed by atoms with Gasteiger partial charge in [-0.1, -0.05) is 0 Å². The van der Waals surface area contributed by atoms with Crippen LogP contribution in [-0.2, 0) is 4.79 Å². The van der Waals surface area contributed by atoms with Crippen molar-refractivity contribution in [2.24, 2.45) is 5.73 Å². The van der Waals surface area contributed by atoms with Crippen molar-refractivity contribution in [1.82, 2.24) is 4.90 Å². The Morgan fingerprint density at radius 1 is 1.80 bits per heavy atom. The van der Waals surface area contributed by atoms with Gasteiger partial charge in [-0.25, -0.2) is 0 Å². The first-order valence-electron chi connectivity index (χ1n) is 2.99. The van der Waals surface area contributed by atoms with Crippen molar-refractivity contribution in [2.75, 3.05) is 20.6 Å². The normalized spacial score (nSPS) is 13.6. The predicted molar refractivity (Wildman–Crippen MR) is 38.1 cm³/mol. The second kappa shape index (κ2) is 4.24. The lowest BCUT2D eigenvalue weighted by Gasteiger charge is -2.10. The van der Waals surface area contributed by atoms with Gasteiger partial charge in [0.2, 0.25) is 5.91 Å². The van der Waals surface area contributed by atoms with E-state index in [1.165, 1.54) is 6.42 Å². The first-order valence-corrected chi connectivity index (χ1v) is 2.99. The summed E-state index contributed by atoms with van der Waals surface area (Å²) >= 11 is 0. The third kappa shape index (κ3) is 4.29. The Bertz CT molecular complexity index is 114. The molecule has 4 heteroatoms. The molecule has 0 saturated carbocycles. The summed E-state index contributed by atoms with van der Waals surface area (Å²) < 4.78 is 0. The molecular weight excluding hydrogens is 132 g/mol. The second-order valence-electron chi connectivity index (χ2n) is 2.35. The summed E-state index contributed by atoms with van der Waals surface area (Å²) in [6, 6.07) is 0. The second-order valence-corrected chi connectivity index (χ2v) is 2.35. The summed E-state index contributed by atoms with van der Waals surface area (Å²) in [5, 5.41) is 8.82. The third-order valence-electron chi connectivity index (χ3n) is 0.985. The molecule has 0 rings (SSSR count). The van der Waals surface area contributed by atoms with Crippen LogP contribution in [0.3, 0.4) is 0 Å². The van der Waals surface area contributed by atoms with Crippen LogP contribution >= 0.6 is 0 Å². The van der Waals surface area contributed by atoms with E-state index in [1.54, 1.807) is 0 Å². The minimum Gasteiger partial charge on any atom is -0.383 e. The van der Waals surface area contributed by atoms with E-state index in [1.807, 2.05) is 19.0 Å². The average molecular weight is 145 g/mol. The highest BCUT2D eigenvalue weighted by molar-refractivity contribution is 5.79. The van der Waals surface area contributed by atoms with Crippen LogP contribution in [0.25, 0.3) is 0 Å². The molecule has 0 unspecified atom stereocenters. The van der Waals surface area contributed by atoms with Crippen LogP contribution in [0.4, 0.5) is 0 Å². The maximum Gasteiger partial charge on any atom is 0.246 e. The zero-order valence-electron chi connectivity index (χ0n) is 6.24. The number of hydrogen-bond donors (Lipinski definition) is 2. The molecule has 0 aliphatic rings. The maximum absolute atomic E-state index is 10.2. The van der Waals surface area contributed by atoms with Gasteiger partial charge in [-0.05, 0) is 14.1 Å². The molecule has 1 amide bonds. The molecule has 10 heavy (non-hydrogen) atoms. The van der Waals surface area contributed by atoms with Gasteiger partial charge in [0.05, 0.1) is 0 Å². The number of aliphatic hydroxyl groups is 1. The fourth-order valence-corrected chi connectivity index (χ4v) is 0.427. The Kier molecular flexibility index (Phi) is 3.99. The van der Waals surface area contributed by atoms with Crippen molar-refractivity contribution in [2.45, 2.75) is 6.10 Å². The number of rotatable bonds is 4. The maximum atomic E-state index is 10.2. The first-order chi connectivity index (χ1) is 4.54. The van der Waals surface area contributed by atoms with E-state index in [4.69, 9.17) is 10.8 Å². The molecule has 0 fully saturated rings. The fraction of sp³-hybridized carbons (Fsp3) is 0.667. The van der Waals surface area contributed by atoms with E-state index in [0.717, 1.165) is 0 Å². The number of carbonyl (C=O) groups excluding carboxylic acids is 1. The predicted octanol–water partition coefficient (Wildman–Crippen LogP) is -1.40. The summed E-state index contributed by atoms with van der Waals surface area (Å²) in [6.07, 6.45) is 0.324. The molecule has 4 nitrogen and oxygen atoms in total. The number of carbonyl (C=O) groups is 1. The van der Waals surface area contributed by atoms with Gasteiger partial charge in [0, 0.05) is 13.0 Å². The zero-order chi connectivity index (χ0) is 8.15. The number of nitrogens with two attached hydrogens (primary N) is 1. The van der Waals surface area contributed by atoms with E-state index in [0.29, 0.717) is 6.54 Å². The standard InChI is InChI=1S/C6H13N2O2/c1-8(2)4-3-5(9)6(7)10/h3,5,9H,4H2,1-2H3,(H2,7,10)/t5-/m0/s1. The quantitative estimate of drug-likeness (QED) is 0.511. The highest BCUT2D eigenvalue weighted by atomic mass is 16.3. The highest BCUT2D eigenvalue weighted by Crippen LogP contribution is 1.88. The van der Waals surface area contributed by atoms with Crippen molar-refractivity contribution < 1.29 is 9.90 Å². The molecule has 0 aromatic rings. The van der Waals surface area contributed by atoms with Crippen LogP contribution in [0.2, 0.25) is 0 Å². The van der Waals surface area contributed by atoms with Crippen molar-refractivity contribution >= 4 is 5.91 Å². The molecule has 0 bridgehead atoms. The van der Waals surface area contributed by atoms with Crippen molar-refractivity contribution in [1.29, 1.82) is 0 Å². The number of primary amides is 1. The van der Waals surface area contributed by atoms with E-state index in [2.05, 4.69) is 0 Å². The Labute approximate surface area is 60.6 Å². The molecule has 0 aliphatic heterocycles. The molecule has 1 atom stereocenters. The van der Waals surface area contributed by atoms with Gasteiger partial charge in [-0.2, -0.15) is 0 Å². The van der Waals surface area contributed by atoms with Gasteiger partial charge in [0.1, 0.15) is 6.10 Å². The van der Waals surface area contributed by atoms with Crippen LogP contribution < -0.4 is 5.73 Å². The van der Waals surface area contributed by atoms with Gasteiger partial charge >= 0.3 is 0 Å². The monoisotopic (exact) mass is 145 g/mol. The Balaban J connectivity index is 3.40. The Hall–Kier alpha value is -0.610. The minimum atomic E-state index is -1.12. The fourth-order valence-electron chi connectivity index (χ4n) is 0.427. The summed E-state index contributed by atoms with van der Waals surface area (Å²) in [5.74, 6) is -0.707. The number of hydrogen-bond acceptors (Lipinski definition) is 3. The topological polar surface area (TPSA) is 66.6 Å². The molecule has 3 N–H and O–H groups in total. The summed E-state index contributed by atoms with van der Waals surface area (Å²) in [5.41, 5.74) is 4.78. The zero-order valence-corrected chi connectivity index (χ0v) is 6.24. The van der Waals surface area contributed by atoms with Crippen molar-refractivity contribution in [3.8, 4) is 0 Å². The molecule has 0 heterocycles. The lowest BCUT2D eigenvalue weighted by atomic mass is 10.2. The van der Waals surface area contributed by atoms with Crippen LogP contribution in [0.15, 0.2) is 0 Å². The highest BCUT2D eigenvalue weighted by Gasteiger charge is 2.10. The lowest BCUT2D eigenvalue weighted by Crippen LogP contribution is -2.31. The Morgan fingerprint density at radius 2 is 2.30 bits per heavy atom. The molecule has 0 spiro atoms. The van der Waals surface area contributed by atoms with Crippen molar-refractivity contribution in [3.05, 3.63) is 6.42 Å². The van der Waals surface area contributed by atoms with Gasteiger partial charge in [0.15, 0.2) is 0 Å². The van der Waals surface area contributed by atoms with E-state index in [9.17, 15) is 4.79 Å².